The lowest BCUT2D eigenvalue weighted by atomic mass is 9.98. The van der Waals surface area contributed by atoms with Gasteiger partial charge in [-0.05, 0) is 49.9 Å². The minimum absolute atomic E-state index is 0.157. The lowest BCUT2D eigenvalue weighted by Gasteiger charge is -2.15. The summed E-state index contributed by atoms with van der Waals surface area (Å²) in [6.45, 7) is 8.92. The van der Waals surface area contributed by atoms with E-state index >= 15 is 0 Å². The van der Waals surface area contributed by atoms with E-state index < -0.39 is 0 Å². The van der Waals surface area contributed by atoms with Gasteiger partial charge >= 0.3 is 0 Å². The molecular weight excluding hydrogens is 214 g/mol. The average molecular weight is 235 g/mol. The molecule has 0 atom stereocenters. The number of hydrogen-bond acceptors (Lipinski definition) is 3. The fourth-order valence-electron chi connectivity index (χ4n) is 2.01. The Morgan fingerprint density at radius 3 is 2.47 bits per heavy atom. The standard InChI is InChI=1S/C14H21NO2/c1-9-6-13(8-15-7-10(2)16)11(3)12(4)14(9)17-5/h6,15H,7-8H2,1-5H3. The molecule has 3 nitrogen and oxygen atoms in total. The van der Waals surface area contributed by atoms with E-state index in [1.807, 2.05) is 6.92 Å². The Kier molecular flexibility index (Phi) is 4.70. The van der Waals surface area contributed by atoms with E-state index in [2.05, 4.69) is 25.2 Å². The molecule has 0 aromatic heterocycles. The zero-order chi connectivity index (χ0) is 13.0. The highest BCUT2D eigenvalue weighted by molar-refractivity contribution is 5.77. The van der Waals surface area contributed by atoms with Crippen LogP contribution >= 0.6 is 0 Å². The smallest absolute Gasteiger partial charge is 0.143 e. The van der Waals surface area contributed by atoms with Crippen LogP contribution in [0.1, 0.15) is 29.2 Å². The number of aryl methyl sites for hydroxylation is 1. The van der Waals surface area contributed by atoms with Gasteiger partial charge in [-0.3, -0.25) is 4.79 Å². The Bertz CT molecular complexity index is 425. The lowest BCUT2D eigenvalue weighted by molar-refractivity contribution is -0.116. The van der Waals surface area contributed by atoms with Crippen molar-refractivity contribution in [2.75, 3.05) is 13.7 Å². The molecule has 1 N–H and O–H groups in total. The van der Waals surface area contributed by atoms with E-state index in [9.17, 15) is 4.79 Å². The van der Waals surface area contributed by atoms with Crippen LogP contribution < -0.4 is 10.1 Å². The molecule has 0 radical (unpaired) electrons. The van der Waals surface area contributed by atoms with Crippen molar-refractivity contribution >= 4 is 5.78 Å². The van der Waals surface area contributed by atoms with Crippen molar-refractivity contribution in [3.8, 4) is 5.75 Å². The average Bonchev–Trinajstić information content (AvgIpc) is 2.25. The SMILES string of the molecule is COc1c(C)cc(CNCC(C)=O)c(C)c1C. The second-order valence-electron chi connectivity index (χ2n) is 4.44. The van der Waals surface area contributed by atoms with Crippen LogP contribution in [-0.2, 0) is 11.3 Å². The second-order valence-corrected chi connectivity index (χ2v) is 4.44. The molecule has 0 saturated carbocycles. The molecule has 0 bridgehead atoms. The van der Waals surface area contributed by atoms with Gasteiger partial charge in [-0.2, -0.15) is 0 Å². The maximum absolute atomic E-state index is 10.9. The van der Waals surface area contributed by atoms with Gasteiger partial charge in [0.1, 0.15) is 11.5 Å². The number of benzene rings is 1. The summed E-state index contributed by atoms with van der Waals surface area (Å²) in [7, 11) is 1.70. The first-order valence-electron chi connectivity index (χ1n) is 5.81. The lowest BCUT2D eigenvalue weighted by Crippen LogP contribution is -2.21. The third kappa shape index (κ3) is 3.30. The highest BCUT2D eigenvalue weighted by Crippen LogP contribution is 2.28. The van der Waals surface area contributed by atoms with Crippen molar-refractivity contribution in [3.63, 3.8) is 0 Å². The predicted molar refractivity (Wildman–Crippen MR) is 69.6 cm³/mol. The summed E-state index contributed by atoms with van der Waals surface area (Å²) < 4.78 is 5.38. The highest BCUT2D eigenvalue weighted by atomic mass is 16.5. The Morgan fingerprint density at radius 1 is 1.29 bits per heavy atom. The first kappa shape index (κ1) is 13.7. The van der Waals surface area contributed by atoms with Gasteiger partial charge in [0.25, 0.3) is 0 Å². The van der Waals surface area contributed by atoms with Gasteiger partial charge in [0, 0.05) is 6.54 Å². The molecule has 0 unspecified atom stereocenters. The zero-order valence-corrected chi connectivity index (χ0v) is 11.3. The first-order valence-corrected chi connectivity index (χ1v) is 5.81. The van der Waals surface area contributed by atoms with Gasteiger partial charge in [-0.1, -0.05) is 6.07 Å². The number of nitrogens with one attached hydrogen (secondary N) is 1. The van der Waals surface area contributed by atoms with Crippen molar-refractivity contribution in [3.05, 3.63) is 28.3 Å². The van der Waals surface area contributed by atoms with Crippen LogP contribution in [0.3, 0.4) is 0 Å². The molecule has 0 fully saturated rings. The molecule has 1 aromatic rings. The van der Waals surface area contributed by atoms with E-state index in [-0.39, 0.29) is 5.78 Å². The van der Waals surface area contributed by atoms with Crippen LogP contribution in [0.25, 0.3) is 0 Å². The third-order valence-electron chi connectivity index (χ3n) is 3.03. The molecule has 0 heterocycles. The first-order chi connectivity index (χ1) is 7.97. The van der Waals surface area contributed by atoms with Gasteiger partial charge < -0.3 is 10.1 Å². The van der Waals surface area contributed by atoms with Crippen molar-refractivity contribution in [2.24, 2.45) is 0 Å². The van der Waals surface area contributed by atoms with E-state index in [1.54, 1.807) is 14.0 Å². The van der Waals surface area contributed by atoms with Gasteiger partial charge in [-0.25, -0.2) is 0 Å². The maximum Gasteiger partial charge on any atom is 0.143 e. The fourth-order valence-corrected chi connectivity index (χ4v) is 2.01. The molecule has 0 aliphatic rings. The van der Waals surface area contributed by atoms with Crippen LogP contribution in [0.15, 0.2) is 6.07 Å². The predicted octanol–water partition coefficient (Wildman–Crippen LogP) is 2.30. The van der Waals surface area contributed by atoms with Crippen LogP contribution in [0, 0.1) is 20.8 Å². The Morgan fingerprint density at radius 2 is 1.94 bits per heavy atom. The van der Waals surface area contributed by atoms with Gasteiger partial charge in [0.2, 0.25) is 0 Å². The summed E-state index contributed by atoms with van der Waals surface area (Å²) >= 11 is 0. The van der Waals surface area contributed by atoms with Crippen molar-refractivity contribution in [1.29, 1.82) is 0 Å². The molecular formula is C14H21NO2. The number of ether oxygens (including phenoxy) is 1. The van der Waals surface area contributed by atoms with Crippen LogP contribution in [0.2, 0.25) is 0 Å². The van der Waals surface area contributed by atoms with E-state index in [4.69, 9.17) is 4.74 Å². The molecule has 17 heavy (non-hydrogen) atoms. The minimum atomic E-state index is 0.157. The molecule has 3 heteroatoms. The van der Waals surface area contributed by atoms with Crippen molar-refractivity contribution in [2.45, 2.75) is 34.2 Å². The largest absolute Gasteiger partial charge is 0.496 e. The van der Waals surface area contributed by atoms with Gasteiger partial charge in [0.15, 0.2) is 0 Å². The number of ketones is 1. The molecule has 0 saturated heterocycles. The normalized spacial score (nSPS) is 10.4. The topological polar surface area (TPSA) is 38.3 Å². The molecule has 0 spiro atoms. The van der Waals surface area contributed by atoms with E-state index in [0.717, 1.165) is 17.9 Å². The summed E-state index contributed by atoms with van der Waals surface area (Å²) in [6.07, 6.45) is 0. The monoisotopic (exact) mass is 235 g/mol. The van der Waals surface area contributed by atoms with Gasteiger partial charge in [-0.15, -0.1) is 0 Å². The highest BCUT2D eigenvalue weighted by Gasteiger charge is 2.10. The summed E-state index contributed by atoms with van der Waals surface area (Å²) in [5.74, 6) is 1.11. The molecule has 1 aromatic carbocycles. The molecule has 0 aliphatic carbocycles. The minimum Gasteiger partial charge on any atom is -0.496 e. The fraction of sp³-hybridized carbons (Fsp3) is 0.500. The Labute approximate surface area is 103 Å². The molecule has 94 valence electrons. The van der Waals surface area contributed by atoms with Crippen LogP contribution in [-0.4, -0.2) is 19.4 Å². The molecule has 1 rings (SSSR count). The number of carbonyl (C=O) groups excluding carboxylic acids is 1. The second kappa shape index (κ2) is 5.82. The molecule has 0 amide bonds. The van der Waals surface area contributed by atoms with Crippen molar-refractivity contribution < 1.29 is 9.53 Å². The van der Waals surface area contributed by atoms with E-state index in [0.29, 0.717) is 6.54 Å². The maximum atomic E-state index is 10.9. The molecule has 0 aliphatic heterocycles. The Hall–Kier alpha value is -1.35. The Balaban J connectivity index is 2.90. The summed E-state index contributed by atoms with van der Waals surface area (Å²) in [4.78, 5) is 10.9. The quantitative estimate of drug-likeness (QED) is 0.851. The third-order valence-corrected chi connectivity index (χ3v) is 3.03. The zero-order valence-electron chi connectivity index (χ0n) is 11.3. The number of rotatable bonds is 5. The number of Topliss-reactive ketones (excluding diaryl/α,β-unsaturated/α-hetero) is 1. The summed E-state index contributed by atoms with van der Waals surface area (Å²) in [6, 6.07) is 2.12. The number of hydrogen-bond donors (Lipinski definition) is 1. The van der Waals surface area contributed by atoms with Crippen molar-refractivity contribution in [1.82, 2.24) is 5.32 Å². The summed E-state index contributed by atoms with van der Waals surface area (Å²) in [5, 5.41) is 3.14. The van der Waals surface area contributed by atoms with Crippen LogP contribution in [0.4, 0.5) is 0 Å². The number of carbonyl (C=O) groups is 1. The van der Waals surface area contributed by atoms with Crippen LogP contribution in [0.5, 0.6) is 5.75 Å². The number of methoxy groups -OCH3 is 1. The van der Waals surface area contributed by atoms with E-state index in [1.165, 1.54) is 16.7 Å². The van der Waals surface area contributed by atoms with Gasteiger partial charge in [0.05, 0.1) is 13.7 Å². The summed E-state index contributed by atoms with van der Waals surface area (Å²) in [5.41, 5.74) is 4.76.